The van der Waals surface area contributed by atoms with Gasteiger partial charge in [-0.05, 0) is 50.2 Å². The van der Waals surface area contributed by atoms with E-state index in [9.17, 15) is 9.59 Å². The molecular formula is C25H18O7. The number of methoxy groups -OCH3 is 1. The van der Waals surface area contributed by atoms with Crippen molar-refractivity contribution in [2.24, 2.45) is 0 Å². The number of ketones is 1. The van der Waals surface area contributed by atoms with Crippen molar-refractivity contribution in [1.29, 1.82) is 0 Å². The highest BCUT2D eigenvalue weighted by molar-refractivity contribution is 6.14. The van der Waals surface area contributed by atoms with Crippen molar-refractivity contribution < 1.29 is 32.6 Å². The SMILES string of the molecule is COc1cccc2cc(C(=O)Oc3ccc4c(c3C)O/C(=C\c3ccc(C)o3)C4=O)oc12. The van der Waals surface area contributed by atoms with Gasteiger partial charge in [0.1, 0.15) is 23.0 Å². The van der Waals surface area contributed by atoms with Gasteiger partial charge < -0.3 is 23.0 Å². The summed E-state index contributed by atoms with van der Waals surface area (Å²) >= 11 is 0. The Bertz CT molecular complexity index is 1420. The molecule has 0 saturated carbocycles. The highest BCUT2D eigenvalue weighted by atomic mass is 16.6. The van der Waals surface area contributed by atoms with Gasteiger partial charge in [-0.2, -0.15) is 0 Å². The topological polar surface area (TPSA) is 88.1 Å². The molecule has 0 fully saturated rings. The molecule has 2 aromatic carbocycles. The van der Waals surface area contributed by atoms with Crippen LogP contribution in [0.4, 0.5) is 0 Å². The maximum Gasteiger partial charge on any atom is 0.379 e. The second-order valence-corrected chi connectivity index (χ2v) is 7.33. The average Bonchev–Trinajstić information content (AvgIpc) is 3.48. The molecule has 4 aromatic rings. The second kappa shape index (κ2) is 7.46. The summed E-state index contributed by atoms with van der Waals surface area (Å²) in [5, 5.41) is 0.721. The fourth-order valence-corrected chi connectivity index (χ4v) is 3.59. The Balaban J connectivity index is 1.42. The molecule has 1 aliphatic rings. The van der Waals surface area contributed by atoms with Crippen LogP contribution in [0.5, 0.6) is 17.2 Å². The first kappa shape index (κ1) is 19.7. The monoisotopic (exact) mass is 430 g/mol. The third kappa shape index (κ3) is 3.24. The molecule has 160 valence electrons. The normalized spacial score (nSPS) is 14.0. The molecule has 0 bridgehead atoms. The molecule has 2 aromatic heterocycles. The first-order valence-electron chi connectivity index (χ1n) is 9.87. The Morgan fingerprint density at radius 3 is 2.59 bits per heavy atom. The minimum absolute atomic E-state index is 0.0372. The first-order chi connectivity index (χ1) is 15.4. The summed E-state index contributed by atoms with van der Waals surface area (Å²) in [6.07, 6.45) is 1.54. The molecule has 7 nitrogen and oxygen atoms in total. The van der Waals surface area contributed by atoms with Gasteiger partial charge in [-0.15, -0.1) is 0 Å². The molecule has 1 aliphatic heterocycles. The van der Waals surface area contributed by atoms with Crippen LogP contribution in [-0.4, -0.2) is 18.9 Å². The highest BCUT2D eigenvalue weighted by Crippen LogP contribution is 2.40. The summed E-state index contributed by atoms with van der Waals surface area (Å²) in [7, 11) is 1.53. The van der Waals surface area contributed by atoms with Crippen molar-refractivity contribution in [2.75, 3.05) is 7.11 Å². The van der Waals surface area contributed by atoms with Crippen molar-refractivity contribution in [2.45, 2.75) is 13.8 Å². The smallest absolute Gasteiger partial charge is 0.379 e. The van der Waals surface area contributed by atoms with Crippen LogP contribution in [0.15, 0.2) is 63.1 Å². The summed E-state index contributed by atoms with van der Waals surface area (Å²) in [6.45, 7) is 3.54. The number of hydrogen-bond donors (Lipinski definition) is 0. The number of fused-ring (bicyclic) bond motifs is 2. The molecule has 0 unspecified atom stereocenters. The molecule has 7 heteroatoms. The summed E-state index contributed by atoms with van der Waals surface area (Å²) in [5.41, 5.74) is 1.38. The van der Waals surface area contributed by atoms with Gasteiger partial charge in [-0.3, -0.25) is 4.79 Å². The summed E-state index contributed by atoms with van der Waals surface area (Å²) in [6, 6.07) is 13.6. The Kier molecular flexibility index (Phi) is 4.59. The first-order valence-corrected chi connectivity index (χ1v) is 9.87. The molecule has 32 heavy (non-hydrogen) atoms. The van der Waals surface area contributed by atoms with E-state index in [1.165, 1.54) is 7.11 Å². The number of aryl methyl sites for hydroxylation is 1. The summed E-state index contributed by atoms with van der Waals surface area (Å²) < 4.78 is 27.8. The van der Waals surface area contributed by atoms with E-state index in [4.69, 9.17) is 23.0 Å². The Morgan fingerprint density at radius 1 is 1.00 bits per heavy atom. The fraction of sp³-hybridized carbons (Fsp3) is 0.120. The minimum Gasteiger partial charge on any atom is -0.493 e. The summed E-state index contributed by atoms with van der Waals surface area (Å²) in [4.78, 5) is 25.4. The van der Waals surface area contributed by atoms with Crippen molar-refractivity contribution >= 4 is 28.8 Å². The van der Waals surface area contributed by atoms with E-state index < -0.39 is 5.97 Å². The van der Waals surface area contributed by atoms with Crippen LogP contribution >= 0.6 is 0 Å². The zero-order chi connectivity index (χ0) is 22.4. The number of rotatable bonds is 4. The largest absolute Gasteiger partial charge is 0.493 e. The van der Waals surface area contributed by atoms with Gasteiger partial charge >= 0.3 is 5.97 Å². The van der Waals surface area contributed by atoms with Crippen LogP contribution < -0.4 is 14.2 Å². The number of carbonyl (C=O) groups excluding carboxylic acids is 2. The van der Waals surface area contributed by atoms with E-state index in [1.54, 1.807) is 55.5 Å². The second-order valence-electron chi connectivity index (χ2n) is 7.33. The van der Waals surface area contributed by atoms with E-state index in [0.717, 1.165) is 11.1 Å². The quantitative estimate of drug-likeness (QED) is 0.240. The number of esters is 1. The van der Waals surface area contributed by atoms with Gasteiger partial charge in [0.2, 0.25) is 11.5 Å². The van der Waals surface area contributed by atoms with Gasteiger partial charge in [0, 0.05) is 17.0 Å². The molecule has 0 N–H and O–H groups in total. The van der Waals surface area contributed by atoms with Crippen molar-refractivity contribution in [3.05, 3.63) is 82.7 Å². The van der Waals surface area contributed by atoms with E-state index in [-0.39, 0.29) is 23.1 Å². The van der Waals surface area contributed by atoms with E-state index in [0.29, 0.717) is 34.0 Å². The Morgan fingerprint density at radius 2 is 1.84 bits per heavy atom. The number of para-hydroxylation sites is 1. The maximum atomic E-state index is 12.7. The zero-order valence-corrected chi connectivity index (χ0v) is 17.6. The van der Waals surface area contributed by atoms with Crippen molar-refractivity contribution in [3.63, 3.8) is 0 Å². The van der Waals surface area contributed by atoms with E-state index in [2.05, 4.69) is 0 Å². The lowest BCUT2D eigenvalue weighted by Gasteiger charge is -2.09. The van der Waals surface area contributed by atoms with Crippen molar-refractivity contribution in [3.8, 4) is 17.2 Å². The zero-order valence-electron chi connectivity index (χ0n) is 17.6. The van der Waals surface area contributed by atoms with Gasteiger partial charge in [0.15, 0.2) is 17.1 Å². The molecule has 0 spiro atoms. The van der Waals surface area contributed by atoms with Gasteiger partial charge in [0.25, 0.3) is 0 Å². The minimum atomic E-state index is -0.669. The number of allylic oxidation sites excluding steroid dienone is 1. The third-order valence-corrected chi connectivity index (χ3v) is 5.20. The number of benzene rings is 2. The number of carbonyl (C=O) groups is 2. The van der Waals surface area contributed by atoms with Crippen LogP contribution in [0.2, 0.25) is 0 Å². The number of hydrogen-bond acceptors (Lipinski definition) is 7. The van der Waals surface area contributed by atoms with Crippen LogP contribution in [0.25, 0.3) is 17.0 Å². The lowest BCUT2D eigenvalue weighted by Crippen LogP contribution is -2.08. The number of ether oxygens (including phenoxy) is 3. The third-order valence-electron chi connectivity index (χ3n) is 5.20. The number of Topliss-reactive ketones (excluding diaryl/α,β-unsaturated/α-hetero) is 1. The maximum absolute atomic E-state index is 12.7. The van der Waals surface area contributed by atoms with Gasteiger partial charge in [-0.1, -0.05) is 12.1 Å². The van der Waals surface area contributed by atoms with Crippen LogP contribution in [0.3, 0.4) is 0 Å². The highest BCUT2D eigenvalue weighted by Gasteiger charge is 2.31. The van der Waals surface area contributed by atoms with Crippen LogP contribution in [0, 0.1) is 13.8 Å². The lowest BCUT2D eigenvalue weighted by atomic mass is 10.1. The average molecular weight is 430 g/mol. The number of furan rings is 2. The van der Waals surface area contributed by atoms with E-state index in [1.807, 2.05) is 13.0 Å². The Labute approximate surface area is 182 Å². The lowest BCUT2D eigenvalue weighted by molar-refractivity contribution is 0.0702. The van der Waals surface area contributed by atoms with E-state index >= 15 is 0 Å². The molecular weight excluding hydrogens is 412 g/mol. The molecule has 0 atom stereocenters. The van der Waals surface area contributed by atoms with Gasteiger partial charge in [-0.25, -0.2) is 4.79 Å². The predicted molar refractivity (Wildman–Crippen MR) is 115 cm³/mol. The summed E-state index contributed by atoms with van der Waals surface area (Å²) in [5.74, 6) is 1.63. The molecule has 5 rings (SSSR count). The molecule has 3 heterocycles. The van der Waals surface area contributed by atoms with Crippen molar-refractivity contribution in [1.82, 2.24) is 0 Å². The standard InChI is InChI=1S/C25H18O7/c1-13-7-8-16(29-13)12-20-22(26)17-9-10-18(14(2)23(17)30-20)32-25(27)21-11-15-5-4-6-19(28-3)24(15)31-21/h4-12H,1-3H3/b20-12-. The fourth-order valence-electron chi connectivity index (χ4n) is 3.59. The Hall–Kier alpha value is -4.26. The molecule has 0 saturated heterocycles. The molecule has 0 amide bonds. The molecule has 0 aliphatic carbocycles. The molecule has 0 radical (unpaired) electrons. The predicted octanol–water partition coefficient (Wildman–Crippen LogP) is 5.49. The van der Waals surface area contributed by atoms with Crippen LogP contribution in [0.1, 0.15) is 38.0 Å². The van der Waals surface area contributed by atoms with Gasteiger partial charge in [0.05, 0.1) is 12.7 Å². The van der Waals surface area contributed by atoms with Crippen LogP contribution in [-0.2, 0) is 0 Å².